The summed E-state index contributed by atoms with van der Waals surface area (Å²) in [6.45, 7) is 0. The molecule has 0 saturated carbocycles. The lowest BCUT2D eigenvalue weighted by atomic mass is 9.67. The van der Waals surface area contributed by atoms with Crippen molar-refractivity contribution >= 4 is 0 Å². The van der Waals surface area contributed by atoms with Gasteiger partial charge in [-0.15, -0.1) is 0 Å². The van der Waals surface area contributed by atoms with Crippen LogP contribution in [0.4, 0.5) is 0 Å². The summed E-state index contributed by atoms with van der Waals surface area (Å²) < 4.78 is 0. The van der Waals surface area contributed by atoms with Gasteiger partial charge < -0.3 is 0 Å². The standard InChI is InChI=1S/C27H20/c1-3-7-25-23(5-1)24-6-2-4-8-26(24)27(25)21-15-11-19(12-16-21)9-10-20-13-17-22(27)18-14-20/h1-8,11-18H,9-10H2. The molecule has 5 aliphatic carbocycles. The molecule has 4 aromatic rings. The van der Waals surface area contributed by atoms with Crippen LogP contribution in [-0.4, -0.2) is 0 Å². The van der Waals surface area contributed by atoms with E-state index in [0.29, 0.717) is 0 Å². The summed E-state index contributed by atoms with van der Waals surface area (Å²) in [5, 5.41) is 0. The Morgan fingerprint density at radius 1 is 0.444 bits per heavy atom. The fourth-order valence-corrected chi connectivity index (χ4v) is 5.16. The molecule has 0 aliphatic heterocycles. The topological polar surface area (TPSA) is 0 Å². The highest BCUT2D eigenvalue weighted by atomic mass is 14.5. The minimum absolute atomic E-state index is 0.241. The van der Waals surface area contributed by atoms with Crippen LogP contribution in [0.1, 0.15) is 33.4 Å². The number of benzene rings is 4. The van der Waals surface area contributed by atoms with Gasteiger partial charge in [-0.1, -0.05) is 97.1 Å². The van der Waals surface area contributed by atoms with Crippen molar-refractivity contribution in [2.24, 2.45) is 0 Å². The minimum Gasteiger partial charge on any atom is -0.0619 e. The molecule has 0 N–H and O–H groups in total. The molecule has 0 atom stereocenters. The second-order valence-corrected chi connectivity index (χ2v) is 7.74. The Hall–Kier alpha value is -3.12. The van der Waals surface area contributed by atoms with Gasteiger partial charge >= 0.3 is 0 Å². The van der Waals surface area contributed by atoms with Crippen molar-refractivity contribution in [2.45, 2.75) is 18.3 Å². The van der Waals surface area contributed by atoms with Gasteiger partial charge in [-0.3, -0.25) is 0 Å². The Bertz CT molecular complexity index is 1050. The largest absolute Gasteiger partial charge is 0.0713 e. The van der Waals surface area contributed by atoms with E-state index in [4.69, 9.17) is 0 Å². The van der Waals surface area contributed by atoms with Crippen molar-refractivity contribution in [3.63, 3.8) is 0 Å². The molecular formula is C27H20. The van der Waals surface area contributed by atoms with Crippen molar-refractivity contribution in [3.8, 4) is 11.1 Å². The molecular weight excluding hydrogens is 324 g/mol. The normalized spacial score (nSPS) is 15.4. The van der Waals surface area contributed by atoms with Crippen molar-refractivity contribution in [1.82, 2.24) is 0 Å². The quantitative estimate of drug-likeness (QED) is 0.316. The maximum atomic E-state index is 2.35. The predicted molar refractivity (Wildman–Crippen MR) is 111 cm³/mol. The van der Waals surface area contributed by atoms with E-state index in [-0.39, 0.29) is 5.41 Å². The molecule has 0 fully saturated rings. The van der Waals surface area contributed by atoms with Crippen LogP contribution in [-0.2, 0) is 18.3 Å². The Labute approximate surface area is 160 Å². The molecule has 0 unspecified atom stereocenters. The van der Waals surface area contributed by atoms with Crippen LogP contribution in [0.15, 0.2) is 97.1 Å². The highest BCUT2D eigenvalue weighted by molar-refractivity contribution is 5.86. The lowest BCUT2D eigenvalue weighted by molar-refractivity contribution is 0.768. The first-order chi connectivity index (χ1) is 13.4. The van der Waals surface area contributed by atoms with Gasteiger partial charge in [0, 0.05) is 0 Å². The molecule has 128 valence electrons. The molecule has 27 heavy (non-hydrogen) atoms. The van der Waals surface area contributed by atoms with Crippen LogP contribution >= 0.6 is 0 Å². The Kier molecular flexibility index (Phi) is 3.02. The molecule has 4 aromatic carbocycles. The Balaban J connectivity index is 1.81. The maximum Gasteiger partial charge on any atom is 0.0713 e. The third-order valence-corrected chi connectivity index (χ3v) is 6.43. The smallest absolute Gasteiger partial charge is 0.0619 e. The van der Waals surface area contributed by atoms with Crippen molar-refractivity contribution in [2.75, 3.05) is 0 Å². The Morgan fingerprint density at radius 2 is 0.852 bits per heavy atom. The van der Waals surface area contributed by atoms with Gasteiger partial charge in [0.25, 0.3) is 0 Å². The van der Waals surface area contributed by atoms with E-state index >= 15 is 0 Å². The monoisotopic (exact) mass is 344 g/mol. The molecule has 5 aliphatic rings. The zero-order valence-corrected chi connectivity index (χ0v) is 15.2. The molecule has 0 saturated heterocycles. The number of rotatable bonds is 0. The van der Waals surface area contributed by atoms with Crippen LogP contribution in [0, 0.1) is 0 Å². The first kappa shape index (κ1) is 15.0. The van der Waals surface area contributed by atoms with Gasteiger partial charge in [0.2, 0.25) is 0 Å². The SMILES string of the molecule is c1ccc2c(c1)-c1ccccc1C21c2ccc(cc2)CCc2ccc1cc2. The summed E-state index contributed by atoms with van der Waals surface area (Å²) >= 11 is 0. The van der Waals surface area contributed by atoms with Crippen LogP contribution in [0.2, 0.25) is 0 Å². The number of fused-ring (bicyclic) bond motifs is 3. The third-order valence-electron chi connectivity index (χ3n) is 6.43. The fourth-order valence-electron chi connectivity index (χ4n) is 5.16. The average molecular weight is 344 g/mol. The molecule has 0 heteroatoms. The fraction of sp³-hybridized carbons (Fsp3) is 0.111. The van der Waals surface area contributed by atoms with Gasteiger partial charge in [0.05, 0.1) is 5.41 Å². The third kappa shape index (κ3) is 1.93. The first-order valence-electron chi connectivity index (χ1n) is 9.75. The highest BCUT2D eigenvalue weighted by Crippen LogP contribution is 2.55. The summed E-state index contributed by atoms with van der Waals surface area (Å²) in [6, 6.07) is 36.6. The van der Waals surface area contributed by atoms with Crippen molar-refractivity contribution in [3.05, 3.63) is 130 Å². The summed E-state index contributed by atoms with van der Waals surface area (Å²) in [6.07, 6.45) is 2.19. The molecule has 4 bridgehead atoms. The summed E-state index contributed by atoms with van der Waals surface area (Å²) in [7, 11) is 0. The van der Waals surface area contributed by atoms with E-state index in [0.717, 1.165) is 12.8 Å². The predicted octanol–water partition coefficient (Wildman–Crippen LogP) is 6.15. The van der Waals surface area contributed by atoms with E-state index in [9.17, 15) is 0 Å². The average Bonchev–Trinajstić information content (AvgIpc) is 3.00. The second-order valence-electron chi connectivity index (χ2n) is 7.74. The van der Waals surface area contributed by atoms with Gasteiger partial charge in [-0.05, 0) is 57.3 Å². The molecule has 1 spiro atoms. The van der Waals surface area contributed by atoms with Crippen molar-refractivity contribution in [1.29, 1.82) is 0 Å². The van der Waals surface area contributed by atoms with Crippen LogP contribution in [0.3, 0.4) is 0 Å². The minimum atomic E-state index is -0.241. The zero-order chi connectivity index (χ0) is 17.8. The zero-order valence-electron chi connectivity index (χ0n) is 15.2. The van der Waals surface area contributed by atoms with Crippen LogP contribution < -0.4 is 0 Å². The molecule has 0 nitrogen and oxygen atoms in total. The summed E-state index contributed by atoms with van der Waals surface area (Å²) in [5.74, 6) is 0. The number of hydrogen-bond acceptors (Lipinski definition) is 0. The van der Waals surface area contributed by atoms with Crippen LogP contribution in [0.5, 0.6) is 0 Å². The van der Waals surface area contributed by atoms with Gasteiger partial charge in [-0.25, -0.2) is 0 Å². The van der Waals surface area contributed by atoms with E-state index in [2.05, 4.69) is 97.1 Å². The van der Waals surface area contributed by atoms with E-state index in [1.165, 1.54) is 44.5 Å². The molecule has 9 rings (SSSR count). The van der Waals surface area contributed by atoms with E-state index < -0.39 is 0 Å². The summed E-state index contributed by atoms with van der Waals surface area (Å²) in [5.41, 5.74) is 10.8. The molecule has 0 aromatic heterocycles. The second kappa shape index (κ2) is 5.44. The lowest BCUT2D eigenvalue weighted by Crippen LogP contribution is -2.28. The molecule has 0 heterocycles. The van der Waals surface area contributed by atoms with Gasteiger partial charge in [0.15, 0.2) is 0 Å². The lowest BCUT2D eigenvalue weighted by Gasteiger charge is -2.33. The van der Waals surface area contributed by atoms with Gasteiger partial charge in [0.1, 0.15) is 0 Å². The summed E-state index contributed by atoms with van der Waals surface area (Å²) in [4.78, 5) is 0. The number of aryl methyl sites for hydroxylation is 2. The van der Waals surface area contributed by atoms with E-state index in [1.807, 2.05) is 0 Å². The van der Waals surface area contributed by atoms with Crippen molar-refractivity contribution < 1.29 is 0 Å². The number of hydrogen-bond donors (Lipinski definition) is 0. The molecule has 0 radical (unpaired) electrons. The molecule has 0 amide bonds. The van der Waals surface area contributed by atoms with E-state index in [1.54, 1.807) is 0 Å². The maximum absolute atomic E-state index is 2.35. The Morgan fingerprint density at radius 3 is 1.30 bits per heavy atom. The highest BCUT2D eigenvalue weighted by Gasteiger charge is 2.45. The van der Waals surface area contributed by atoms with Crippen LogP contribution in [0.25, 0.3) is 11.1 Å². The first-order valence-corrected chi connectivity index (χ1v) is 9.75. The van der Waals surface area contributed by atoms with Gasteiger partial charge in [-0.2, -0.15) is 0 Å².